The van der Waals surface area contributed by atoms with E-state index in [-0.39, 0.29) is 12.3 Å². The van der Waals surface area contributed by atoms with Crippen LogP contribution in [0.25, 0.3) is 11.4 Å². The fourth-order valence-corrected chi connectivity index (χ4v) is 1.81. The van der Waals surface area contributed by atoms with E-state index in [0.29, 0.717) is 11.6 Å². The topological polar surface area (TPSA) is 112 Å². The highest BCUT2D eigenvalue weighted by atomic mass is 16.4. The summed E-state index contributed by atoms with van der Waals surface area (Å²) in [5.74, 6) is 5.74. The van der Waals surface area contributed by atoms with Crippen LogP contribution < -0.4 is 11.3 Å². The zero-order valence-corrected chi connectivity index (χ0v) is 10.9. The first-order valence-electron chi connectivity index (χ1n) is 6.19. The molecule has 0 aliphatic heterocycles. The highest BCUT2D eigenvalue weighted by Crippen LogP contribution is 2.13. The Kier molecular flexibility index (Phi) is 3.44. The number of hydrazine groups is 1. The van der Waals surface area contributed by atoms with Gasteiger partial charge < -0.3 is 4.42 Å². The number of carbonyl (C=O) groups excluding carboxylic acids is 1. The normalized spacial score (nSPS) is 10.5. The van der Waals surface area contributed by atoms with E-state index < -0.39 is 5.91 Å². The third-order valence-corrected chi connectivity index (χ3v) is 2.80. The number of aromatic nitrogens is 4. The zero-order valence-electron chi connectivity index (χ0n) is 10.9. The molecule has 0 bridgehead atoms. The van der Waals surface area contributed by atoms with Gasteiger partial charge in [0.2, 0.25) is 5.82 Å². The molecule has 106 valence electrons. The van der Waals surface area contributed by atoms with E-state index in [1.807, 2.05) is 35.8 Å². The van der Waals surface area contributed by atoms with Crippen molar-refractivity contribution in [2.75, 3.05) is 0 Å². The molecule has 8 heteroatoms. The lowest BCUT2D eigenvalue weighted by atomic mass is 10.2. The molecule has 0 aliphatic carbocycles. The summed E-state index contributed by atoms with van der Waals surface area (Å²) in [5.41, 5.74) is 2.88. The van der Waals surface area contributed by atoms with Crippen molar-refractivity contribution in [3.05, 3.63) is 54.0 Å². The maximum absolute atomic E-state index is 11.3. The number of tetrazole rings is 1. The van der Waals surface area contributed by atoms with Crippen molar-refractivity contribution in [3.8, 4) is 11.4 Å². The summed E-state index contributed by atoms with van der Waals surface area (Å²) in [5, 5.41) is 12.2. The first kappa shape index (κ1) is 13.0. The Labute approximate surface area is 119 Å². The van der Waals surface area contributed by atoms with Crippen molar-refractivity contribution in [1.29, 1.82) is 0 Å². The smallest absolute Gasteiger partial charge is 0.300 e. The van der Waals surface area contributed by atoms with Crippen LogP contribution in [-0.4, -0.2) is 26.1 Å². The van der Waals surface area contributed by atoms with E-state index in [9.17, 15) is 4.79 Å². The second kappa shape index (κ2) is 5.55. The number of rotatable bonds is 4. The van der Waals surface area contributed by atoms with E-state index in [4.69, 9.17) is 10.3 Å². The minimum Gasteiger partial charge on any atom is -0.454 e. The van der Waals surface area contributed by atoms with Crippen LogP contribution in [0.4, 0.5) is 0 Å². The van der Waals surface area contributed by atoms with Crippen LogP contribution in [0.3, 0.4) is 0 Å². The van der Waals surface area contributed by atoms with E-state index in [0.717, 1.165) is 5.56 Å². The summed E-state index contributed by atoms with van der Waals surface area (Å²) in [4.78, 5) is 12.7. The molecule has 0 aliphatic rings. The van der Waals surface area contributed by atoms with Gasteiger partial charge in [0, 0.05) is 5.56 Å². The molecule has 3 rings (SSSR count). The molecule has 8 nitrogen and oxygen atoms in total. The highest BCUT2D eigenvalue weighted by molar-refractivity contribution is 5.90. The lowest BCUT2D eigenvalue weighted by Crippen LogP contribution is -2.29. The van der Waals surface area contributed by atoms with Gasteiger partial charge in [-0.05, 0) is 17.3 Å². The number of hydrogen-bond acceptors (Lipinski definition) is 6. The molecule has 3 N–H and O–H groups in total. The van der Waals surface area contributed by atoms with Crippen LogP contribution in [0.1, 0.15) is 16.3 Å². The minimum atomic E-state index is -0.488. The minimum absolute atomic E-state index is 0.135. The average molecular weight is 284 g/mol. The number of benzene rings is 1. The third-order valence-electron chi connectivity index (χ3n) is 2.80. The molecule has 0 unspecified atom stereocenters. The van der Waals surface area contributed by atoms with Crippen molar-refractivity contribution in [3.63, 3.8) is 0 Å². The first-order chi connectivity index (χ1) is 10.3. The molecule has 0 spiro atoms. The SMILES string of the molecule is NNC(=O)c1ccc(Cn2nnc(-c3ccccc3)n2)o1. The average Bonchev–Trinajstić information content (AvgIpc) is 3.17. The fourth-order valence-electron chi connectivity index (χ4n) is 1.81. The molecule has 2 aromatic heterocycles. The molecule has 0 radical (unpaired) electrons. The van der Waals surface area contributed by atoms with Gasteiger partial charge >= 0.3 is 5.91 Å². The van der Waals surface area contributed by atoms with Crippen LogP contribution in [-0.2, 0) is 6.54 Å². The van der Waals surface area contributed by atoms with E-state index in [1.54, 1.807) is 6.07 Å². The van der Waals surface area contributed by atoms with Gasteiger partial charge in [0.25, 0.3) is 0 Å². The van der Waals surface area contributed by atoms with E-state index >= 15 is 0 Å². The third kappa shape index (κ3) is 2.79. The molecule has 0 saturated carbocycles. The molecule has 0 fully saturated rings. The summed E-state index contributed by atoms with van der Waals surface area (Å²) < 4.78 is 5.33. The molecule has 2 heterocycles. The van der Waals surface area contributed by atoms with Crippen molar-refractivity contribution < 1.29 is 9.21 Å². The Morgan fingerprint density at radius 2 is 2.05 bits per heavy atom. The number of amides is 1. The molecule has 1 aromatic carbocycles. The highest BCUT2D eigenvalue weighted by Gasteiger charge is 2.11. The van der Waals surface area contributed by atoms with Crippen molar-refractivity contribution in [2.24, 2.45) is 5.84 Å². The Bertz CT molecular complexity index is 749. The number of furan rings is 1. The quantitative estimate of drug-likeness (QED) is 0.412. The predicted octanol–water partition coefficient (Wildman–Crippen LogP) is 0.585. The van der Waals surface area contributed by atoms with Gasteiger partial charge in [-0.3, -0.25) is 10.2 Å². The summed E-state index contributed by atoms with van der Waals surface area (Å²) in [6, 6.07) is 12.7. The van der Waals surface area contributed by atoms with Crippen LogP contribution in [0.2, 0.25) is 0 Å². The van der Waals surface area contributed by atoms with Gasteiger partial charge in [0.15, 0.2) is 5.76 Å². The Hall–Kier alpha value is -3.00. The van der Waals surface area contributed by atoms with Crippen LogP contribution in [0, 0.1) is 0 Å². The molecular weight excluding hydrogens is 272 g/mol. The first-order valence-corrected chi connectivity index (χ1v) is 6.19. The monoisotopic (exact) mass is 284 g/mol. The Balaban J connectivity index is 1.76. The van der Waals surface area contributed by atoms with Crippen LogP contribution >= 0.6 is 0 Å². The number of carbonyl (C=O) groups is 1. The van der Waals surface area contributed by atoms with Gasteiger partial charge in [-0.2, -0.15) is 4.80 Å². The second-order valence-corrected chi connectivity index (χ2v) is 4.25. The number of nitrogens with one attached hydrogen (secondary N) is 1. The molecule has 3 aromatic rings. The predicted molar refractivity (Wildman–Crippen MR) is 72.7 cm³/mol. The second-order valence-electron chi connectivity index (χ2n) is 4.25. The number of hydrogen-bond donors (Lipinski definition) is 2. The summed E-state index contributed by atoms with van der Waals surface area (Å²) in [6.45, 7) is 0.275. The van der Waals surface area contributed by atoms with E-state index in [2.05, 4.69) is 15.4 Å². The molecule has 21 heavy (non-hydrogen) atoms. The summed E-state index contributed by atoms with van der Waals surface area (Å²) >= 11 is 0. The Morgan fingerprint density at radius 3 is 2.81 bits per heavy atom. The molecular formula is C13H12N6O2. The lowest BCUT2D eigenvalue weighted by molar-refractivity contribution is 0.0923. The Morgan fingerprint density at radius 1 is 1.24 bits per heavy atom. The standard InChI is InChI=1S/C13H12N6O2/c14-15-13(20)11-7-6-10(21-11)8-19-17-12(16-18-19)9-4-2-1-3-5-9/h1-7H,8,14H2,(H,15,20). The maximum atomic E-state index is 11.3. The number of nitrogens with two attached hydrogens (primary N) is 1. The van der Waals surface area contributed by atoms with Gasteiger partial charge in [-0.15, -0.1) is 10.2 Å². The summed E-state index contributed by atoms with van der Waals surface area (Å²) in [6.07, 6.45) is 0. The van der Waals surface area contributed by atoms with Crippen molar-refractivity contribution >= 4 is 5.91 Å². The molecule has 1 amide bonds. The lowest BCUT2D eigenvalue weighted by Gasteiger charge is -1.96. The maximum Gasteiger partial charge on any atom is 0.300 e. The zero-order chi connectivity index (χ0) is 14.7. The van der Waals surface area contributed by atoms with Gasteiger partial charge in [-0.25, -0.2) is 5.84 Å². The molecule has 0 saturated heterocycles. The molecule has 0 atom stereocenters. The van der Waals surface area contributed by atoms with Gasteiger partial charge in [-0.1, -0.05) is 30.3 Å². The fraction of sp³-hybridized carbons (Fsp3) is 0.0769. The van der Waals surface area contributed by atoms with Gasteiger partial charge in [0.1, 0.15) is 12.3 Å². The van der Waals surface area contributed by atoms with Crippen LogP contribution in [0.15, 0.2) is 46.9 Å². The van der Waals surface area contributed by atoms with Crippen molar-refractivity contribution in [1.82, 2.24) is 25.6 Å². The van der Waals surface area contributed by atoms with Crippen molar-refractivity contribution in [2.45, 2.75) is 6.54 Å². The van der Waals surface area contributed by atoms with Crippen LogP contribution in [0.5, 0.6) is 0 Å². The largest absolute Gasteiger partial charge is 0.454 e. The number of nitrogen functional groups attached to an aromatic ring is 1. The van der Waals surface area contributed by atoms with Gasteiger partial charge in [0.05, 0.1) is 0 Å². The van der Waals surface area contributed by atoms with E-state index in [1.165, 1.54) is 10.9 Å². The summed E-state index contributed by atoms with van der Waals surface area (Å²) in [7, 11) is 0. The number of nitrogens with zero attached hydrogens (tertiary/aromatic N) is 4.